The van der Waals surface area contributed by atoms with Gasteiger partial charge in [0.15, 0.2) is 5.78 Å². The zero-order valence-corrected chi connectivity index (χ0v) is 18.9. The summed E-state index contributed by atoms with van der Waals surface area (Å²) in [5.74, 6) is 1.18. The number of hydrogen-bond acceptors (Lipinski definition) is 4. The number of benzene rings is 2. The molecule has 3 aromatic rings. The van der Waals surface area contributed by atoms with Gasteiger partial charge in [0, 0.05) is 35.3 Å². The number of carbonyl (C=O) groups excluding carboxylic acids is 2. The minimum Gasteiger partial charge on any atom is -0.494 e. The van der Waals surface area contributed by atoms with Gasteiger partial charge in [0.25, 0.3) is 0 Å². The minimum absolute atomic E-state index is 0.0909. The Bertz CT molecular complexity index is 1020. The van der Waals surface area contributed by atoms with Crippen molar-refractivity contribution >= 4 is 44.3 Å². The predicted molar refractivity (Wildman–Crippen MR) is 123 cm³/mol. The Labute approximate surface area is 184 Å². The van der Waals surface area contributed by atoms with Gasteiger partial charge in [0.2, 0.25) is 5.91 Å². The van der Waals surface area contributed by atoms with E-state index in [2.05, 4.69) is 28.2 Å². The number of alkyl halides is 1. The van der Waals surface area contributed by atoms with Crippen LogP contribution in [0.25, 0.3) is 11.0 Å². The SMILES string of the molecule is CCCCc1oc2ccc(NC(C)=O)cc2c1C(=O)c1ccc(OCCCBr)cc1. The molecular formula is C24H26BrNO4. The van der Waals surface area contributed by atoms with Crippen LogP contribution in [0.5, 0.6) is 5.75 Å². The second kappa shape index (κ2) is 10.4. The lowest BCUT2D eigenvalue weighted by molar-refractivity contribution is -0.114. The van der Waals surface area contributed by atoms with Crippen molar-refractivity contribution in [2.45, 2.75) is 39.5 Å². The Morgan fingerprint density at radius 1 is 1.10 bits per heavy atom. The van der Waals surface area contributed by atoms with E-state index in [0.717, 1.165) is 35.7 Å². The second-order valence-electron chi connectivity index (χ2n) is 7.14. The molecule has 158 valence electrons. The summed E-state index contributed by atoms with van der Waals surface area (Å²) in [6.07, 6.45) is 3.54. The molecule has 0 aliphatic carbocycles. The fraction of sp³-hybridized carbons (Fsp3) is 0.333. The average Bonchev–Trinajstić information content (AvgIpc) is 3.09. The molecule has 2 aromatic carbocycles. The third-order valence-corrected chi connectivity index (χ3v) is 5.29. The first-order valence-electron chi connectivity index (χ1n) is 10.2. The zero-order valence-electron chi connectivity index (χ0n) is 17.3. The van der Waals surface area contributed by atoms with Crippen LogP contribution in [0.4, 0.5) is 5.69 Å². The number of rotatable bonds is 10. The smallest absolute Gasteiger partial charge is 0.221 e. The number of anilines is 1. The number of fused-ring (bicyclic) bond motifs is 1. The maximum Gasteiger partial charge on any atom is 0.221 e. The molecule has 0 spiro atoms. The van der Waals surface area contributed by atoms with Gasteiger partial charge in [-0.3, -0.25) is 9.59 Å². The first-order chi connectivity index (χ1) is 14.5. The molecule has 0 bridgehead atoms. The number of aryl methyl sites for hydroxylation is 1. The Kier molecular flexibility index (Phi) is 7.69. The van der Waals surface area contributed by atoms with Crippen LogP contribution in [0.1, 0.15) is 54.8 Å². The van der Waals surface area contributed by atoms with Gasteiger partial charge in [0.1, 0.15) is 17.1 Å². The molecule has 0 saturated carbocycles. The van der Waals surface area contributed by atoms with E-state index in [1.54, 1.807) is 30.3 Å². The van der Waals surface area contributed by atoms with Gasteiger partial charge in [0.05, 0.1) is 12.2 Å². The molecule has 0 fully saturated rings. The Morgan fingerprint density at radius 3 is 2.53 bits per heavy atom. The Morgan fingerprint density at radius 2 is 1.87 bits per heavy atom. The quantitative estimate of drug-likeness (QED) is 0.219. The van der Waals surface area contributed by atoms with Gasteiger partial charge in [-0.05, 0) is 55.3 Å². The largest absolute Gasteiger partial charge is 0.494 e. The Balaban J connectivity index is 1.96. The van der Waals surface area contributed by atoms with Crippen LogP contribution in [-0.2, 0) is 11.2 Å². The molecule has 1 aromatic heterocycles. The molecule has 1 N–H and O–H groups in total. The molecule has 5 nitrogen and oxygen atoms in total. The first-order valence-corrected chi connectivity index (χ1v) is 11.3. The van der Waals surface area contributed by atoms with Gasteiger partial charge in [-0.15, -0.1) is 0 Å². The lowest BCUT2D eigenvalue weighted by Crippen LogP contribution is -2.06. The molecule has 0 aliphatic rings. The van der Waals surface area contributed by atoms with E-state index in [-0.39, 0.29) is 11.7 Å². The summed E-state index contributed by atoms with van der Waals surface area (Å²) in [6, 6.07) is 12.6. The molecule has 1 amide bonds. The van der Waals surface area contributed by atoms with Crippen molar-refractivity contribution in [2.24, 2.45) is 0 Å². The van der Waals surface area contributed by atoms with Gasteiger partial charge in [-0.25, -0.2) is 0 Å². The first kappa shape index (κ1) is 22.1. The number of ketones is 1. The fourth-order valence-electron chi connectivity index (χ4n) is 3.28. The van der Waals surface area contributed by atoms with Crippen LogP contribution in [0.3, 0.4) is 0 Å². The van der Waals surface area contributed by atoms with Crippen LogP contribution < -0.4 is 10.1 Å². The monoisotopic (exact) mass is 471 g/mol. The summed E-state index contributed by atoms with van der Waals surface area (Å²) in [4.78, 5) is 24.9. The van der Waals surface area contributed by atoms with Gasteiger partial charge < -0.3 is 14.5 Å². The maximum atomic E-state index is 13.4. The highest BCUT2D eigenvalue weighted by Gasteiger charge is 2.22. The van der Waals surface area contributed by atoms with Crippen molar-refractivity contribution in [3.05, 3.63) is 59.4 Å². The number of nitrogens with one attached hydrogen (secondary N) is 1. The highest BCUT2D eigenvalue weighted by molar-refractivity contribution is 9.09. The van der Waals surface area contributed by atoms with E-state index in [0.29, 0.717) is 41.2 Å². The summed E-state index contributed by atoms with van der Waals surface area (Å²) in [7, 11) is 0. The standard InChI is InChI=1S/C24H26BrNO4/c1-3-4-6-22-23(20-15-18(26-16(2)27)9-12-21(20)30-22)24(28)17-7-10-19(11-8-17)29-14-5-13-25/h7-12,15H,3-6,13-14H2,1-2H3,(H,26,27). The van der Waals surface area contributed by atoms with Crippen molar-refractivity contribution < 1.29 is 18.7 Å². The minimum atomic E-state index is -0.160. The lowest BCUT2D eigenvalue weighted by atomic mass is 9.98. The maximum absolute atomic E-state index is 13.4. The van der Waals surface area contributed by atoms with E-state index >= 15 is 0 Å². The summed E-state index contributed by atoms with van der Waals surface area (Å²) in [6.45, 7) is 4.19. The number of hydrogen-bond donors (Lipinski definition) is 1. The lowest BCUT2D eigenvalue weighted by Gasteiger charge is -2.07. The third kappa shape index (κ3) is 5.30. The fourth-order valence-corrected chi connectivity index (χ4v) is 3.51. The molecule has 3 rings (SSSR count). The summed E-state index contributed by atoms with van der Waals surface area (Å²) >= 11 is 3.38. The van der Waals surface area contributed by atoms with E-state index in [1.165, 1.54) is 6.92 Å². The van der Waals surface area contributed by atoms with Gasteiger partial charge in [-0.1, -0.05) is 29.3 Å². The highest BCUT2D eigenvalue weighted by Crippen LogP contribution is 2.32. The van der Waals surface area contributed by atoms with E-state index in [4.69, 9.17) is 9.15 Å². The summed E-state index contributed by atoms with van der Waals surface area (Å²) < 4.78 is 11.7. The van der Waals surface area contributed by atoms with Crippen LogP contribution in [0.2, 0.25) is 0 Å². The zero-order chi connectivity index (χ0) is 21.5. The van der Waals surface area contributed by atoms with E-state index < -0.39 is 0 Å². The number of unbranched alkanes of at least 4 members (excludes halogenated alkanes) is 1. The van der Waals surface area contributed by atoms with Crippen LogP contribution in [-0.4, -0.2) is 23.6 Å². The van der Waals surface area contributed by atoms with Gasteiger partial charge >= 0.3 is 0 Å². The molecule has 0 unspecified atom stereocenters. The van der Waals surface area contributed by atoms with Crippen molar-refractivity contribution in [3.8, 4) is 5.75 Å². The molecule has 6 heteroatoms. The number of carbonyl (C=O) groups is 2. The number of amides is 1. The second-order valence-corrected chi connectivity index (χ2v) is 7.93. The van der Waals surface area contributed by atoms with E-state index in [9.17, 15) is 9.59 Å². The van der Waals surface area contributed by atoms with Crippen molar-refractivity contribution in [1.82, 2.24) is 0 Å². The third-order valence-electron chi connectivity index (χ3n) is 4.73. The number of furan rings is 1. The van der Waals surface area contributed by atoms with Crippen molar-refractivity contribution in [1.29, 1.82) is 0 Å². The molecule has 1 heterocycles. The molecular weight excluding hydrogens is 446 g/mol. The molecule has 0 saturated heterocycles. The van der Waals surface area contributed by atoms with Crippen molar-refractivity contribution in [2.75, 3.05) is 17.3 Å². The number of halogens is 1. The molecule has 0 aliphatic heterocycles. The normalized spacial score (nSPS) is 10.9. The molecule has 30 heavy (non-hydrogen) atoms. The number of ether oxygens (including phenoxy) is 1. The summed E-state index contributed by atoms with van der Waals surface area (Å²) in [5, 5.41) is 4.38. The van der Waals surface area contributed by atoms with E-state index in [1.807, 2.05) is 12.1 Å². The highest BCUT2D eigenvalue weighted by atomic mass is 79.9. The van der Waals surface area contributed by atoms with Crippen LogP contribution >= 0.6 is 15.9 Å². The van der Waals surface area contributed by atoms with Gasteiger partial charge in [-0.2, -0.15) is 0 Å². The van der Waals surface area contributed by atoms with Crippen LogP contribution in [0, 0.1) is 0 Å². The Hall–Kier alpha value is -2.60. The molecule has 0 radical (unpaired) electrons. The molecule has 0 atom stereocenters. The topological polar surface area (TPSA) is 68.5 Å². The summed E-state index contributed by atoms with van der Waals surface area (Å²) in [5.41, 5.74) is 2.43. The van der Waals surface area contributed by atoms with Crippen molar-refractivity contribution in [3.63, 3.8) is 0 Å². The van der Waals surface area contributed by atoms with Crippen LogP contribution in [0.15, 0.2) is 46.9 Å². The average molecular weight is 472 g/mol. The predicted octanol–water partition coefficient (Wildman–Crippen LogP) is 6.13.